The van der Waals surface area contributed by atoms with Crippen LogP contribution in [0, 0.1) is 11.3 Å². The Bertz CT molecular complexity index is 516. The minimum atomic E-state index is -3.12. The number of ether oxygens (including phenoxy) is 1. The summed E-state index contributed by atoms with van der Waals surface area (Å²) in [6.45, 7) is 0. The van der Waals surface area contributed by atoms with Gasteiger partial charge in [0.2, 0.25) is 0 Å². The van der Waals surface area contributed by atoms with E-state index >= 15 is 0 Å². The molecule has 0 aliphatic heterocycles. The van der Waals surface area contributed by atoms with E-state index in [9.17, 15) is 18.4 Å². The topological polar surface area (TPSA) is 82.9 Å². The van der Waals surface area contributed by atoms with Crippen LogP contribution in [0.3, 0.4) is 0 Å². The van der Waals surface area contributed by atoms with E-state index in [1.54, 1.807) is 6.07 Å². The lowest BCUT2D eigenvalue weighted by Gasteiger charge is -2.05. The molecule has 1 heterocycles. The number of nitrogens with one attached hydrogen (secondary N) is 1. The average molecular weight is 228 g/mol. The number of carbonyl (C=O) groups is 1. The second kappa shape index (κ2) is 4.53. The van der Waals surface area contributed by atoms with Crippen LogP contribution >= 0.6 is 0 Å². The molecule has 5 nitrogen and oxygen atoms in total. The van der Waals surface area contributed by atoms with Crippen LogP contribution in [0.4, 0.5) is 8.78 Å². The molecule has 0 spiro atoms. The molecule has 0 atom stereocenters. The number of H-pyrrole nitrogens is 1. The summed E-state index contributed by atoms with van der Waals surface area (Å²) in [5.74, 6) is -1.09. The van der Waals surface area contributed by atoms with Crippen LogP contribution in [0.1, 0.15) is 28.0 Å². The van der Waals surface area contributed by atoms with Gasteiger partial charge in [-0.1, -0.05) is 0 Å². The summed E-state index contributed by atoms with van der Waals surface area (Å²) in [7, 11) is 0.991. The Labute approximate surface area is 88.3 Å². The molecule has 1 aromatic heterocycles. The largest absolute Gasteiger partial charge is 0.465 e. The van der Waals surface area contributed by atoms with Gasteiger partial charge in [-0.2, -0.15) is 5.26 Å². The van der Waals surface area contributed by atoms with E-state index in [4.69, 9.17) is 5.26 Å². The third-order valence-electron chi connectivity index (χ3n) is 1.82. The van der Waals surface area contributed by atoms with E-state index in [1.165, 1.54) is 0 Å². The zero-order chi connectivity index (χ0) is 12.3. The van der Waals surface area contributed by atoms with Crippen LogP contribution in [-0.2, 0) is 4.74 Å². The zero-order valence-electron chi connectivity index (χ0n) is 8.08. The number of hydrogen-bond donors (Lipinski definition) is 1. The highest BCUT2D eigenvalue weighted by Gasteiger charge is 2.23. The lowest BCUT2D eigenvalue weighted by atomic mass is 10.1. The smallest absolute Gasteiger partial charge is 0.338 e. The molecule has 84 valence electrons. The number of carbonyl (C=O) groups excluding carboxylic acids is 1. The third-order valence-corrected chi connectivity index (χ3v) is 1.82. The molecule has 0 aliphatic rings. The predicted molar refractivity (Wildman–Crippen MR) is 48.1 cm³/mol. The summed E-state index contributed by atoms with van der Waals surface area (Å²) in [4.78, 5) is 24.3. The molecule has 0 amide bonds. The Hall–Kier alpha value is -2.23. The Kier molecular flexibility index (Phi) is 3.35. The maximum absolute atomic E-state index is 12.5. The SMILES string of the molecule is COC(=O)c1cc(C#N)[nH]c(=O)c1C(F)F. The number of pyridine rings is 1. The first kappa shape index (κ1) is 11.8. The highest BCUT2D eigenvalue weighted by molar-refractivity contribution is 5.91. The normalized spacial score (nSPS) is 9.94. The van der Waals surface area contributed by atoms with Gasteiger partial charge in [-0.3, -0.25) is 4.79 Å². The molecule has 16 heavy (non-hydrogen) atoms. The quantitative estimate of drug-likeness (QED) is 0.764. The molecule has 1 aromatic rings. The Morgan fingerprint density at radius 3 is 2.69 bits per heavy atom. The van der Waals surface area contributed by atoms with Crippen LogP contribution < -0.4 is 5.56 Å². The second-order valence-corrected chi connectivity index (χ2v) is 2.74. The first-order valence-electron chi connectivity index (χ1n) is 4.05. The molecule has 0 bridgehead atoms. The molecule has 7 heteroatoms. The number of aromatic amines is 1. The Morgan fingerprint density at radius 2 is 2.25 bits per heavy atom. The number of halogens is 2. The van der Waals surface area contributed by atoms with Gasteiger partial charge in [-0.05, 0) is 6.07 Å². The minimum Gasteiger partial charge on any atom is -0.465 e. The van der Waals surface area contributed by atoms with Gasteiger partial charge in [0.15, 0.2) is 0 Å². The molecule has 0 saturated carbocycles. The fourth-order valence-electron chi connectivity index (χ4n) is 1.13. The number of rotatable bonds is 2. The maximum atomic E-state index is 12.5. The minimum absolute atomic E-state index is 0.283. The summed E-state index contributed by atoms with van der Waals surface area (Å²) in [6, 6.07) is 2.40. The second-order valence-electron chi connectivity index (χ2n) is 2.74. The van der Waals surface area contributed by atoms with E-state index in [1.807, 2.05) is 4.98 Å². The fourth-order valence-corrected chi connectivity index (χ4v) is 1.13. The molecule has 0 aliphatic carbocycles. The van der Waals surface area contributed by atoms with Crippen molar-refractivity contribution in [3.63, 3.8) is 0 Å². The summed E-state index contributed by atoms with van der Waals surface area (Å²) < 4.78 is 29.3. The van der Waals surface area contributed by atoms with Gasteiger partial charge in [-0.25, -0.2) is 13.6 Å². The van der Waals surface area contributed by atoms with Gasteiger partial charge < -0.3 is 9.72 Å². The van der Waals surface area contributed by atoms with Gasteiger partial charge in [0.05, 0.1) is 18.2 Å². The van der Waals surface area contributed by atoms with Crippen molar-refractivity contribution in [2.45, 2.75) is 6.43 Å². The molecule has 0 saturated heterocycles. The van der Waals surface area contributed by atoms with Crippen LogP contribution in [0.25, 0.3) is 0 Å². The predicted octanol–water partition coefficient (Wildman–Crippen LogP) is 0.971. The van der Waals surface area contributed by atoms with Gasteiger partial charge in [-0.15, -0.1) is 0 Å². The van der Waals surface area contributed by atoms with Crippen molar-refractivity contribution in [1.82, 2.24) is 4.98 Å². The highest BCUT2D eigenvalue weighted by atomic mass is 19.3. The number of esters is 1. The molecule has 1 N–H and O–H groups in total. The Morgan fingerprint density at radius 1 is 1.62 bits per heavy atom. The van der Waals surface area contributed by atoms with Crippen molar-refractivity contribution in [1.29, 1.82) is 5.26 Å². The van der Waals surface area contributed by atoms with Crippen LogP contribution in [0.2, 0.25) is 0 Å². The zero-order valence-corrected chi connectivity index (χ0v) is 8.08. The monoisotopic (exact) mass is 228 g/mol. The van der Waals surface area contributed by atoms with Crippen LogP contribution in [-0.4, -0.2) is 18.1 Å². The Balaban J connectivity index is 3.54. The van der Waals surface area contributed by atoms with Gasteiger partial charge in [0, 0.05) is 0 Å². The van der Waals surface area contributed by atoms with E-state index in [-0.39, 0.29) is 5.69 Å². The van der Waals surface area contributed by atoms with Crippen molar-refractivity contribution in [3.05, 3.63) is 33.2 Å². The molecular formula is C9H6F2N2O3. The highest BCUT2D eigenvalue weighted by Crippen LogP contribution is 2.20. The summed E-state index contributed by atoms with van der Waals surface area (Å²) in [5, 5.41) is 8.51. The van der Waals surface area contributed by atoms with Crippen LogP contribution in [0.15, 0.2) is 10.9 Å². The molecule has 0 fully saturated rings. The first-order chi connectivity index (χ1) is 7.51. The standard InChI is InChI=1S/C9H6F2N2O3/c1-16-9(15)5-2-4(3-12)13-8(14)6(5)7(10)11/h2,7H,1H3,(H,13,14). The fraction of sp³-hybridized carbons (Fsp3) is 0.222. The van der Waals surface area contributed by atoms with Crippen molar-refractivity contribution in [3.8, 4) is 6.07 Å². The van der Waals surface area contributed by atoms with Crippen molar-refractivity contribution >= 4 is 5.97 Å². The van der Waals surface area contributed by atoms with Gasteiger partial charge >= 0.3 is 5.97 Å². The maximum Gasteiger partial charge on any atom is 0.338 e. The average Bonchev–Trinajstić information content (AvgIpc) is 2.26. The van der Waals surface area contributed by atoms with Crippen LogP contribution in [0.5, 0.6) is 0 Å². The van der Waals surface area contributed by atoms with Gasteiger partial charge in [0.1, 0.15) is 11.8 Å². The summed E-state index contributed by atoms with van der Waals surface area (Å²) >= 11 is 0. The molecule has 0 unspecified atom stereocenters. The van der Waals surface area contributed by atoms with Crippen molar-refractivity contribution in [2.75, 3.05) is 7.11 Å². The number of methoxy groups -OCH3 is 1. The van der Waals surface area contributed by atoms with Crippen molar-refractivity contribution in [2.24, 2.45) is 0 Å². The lowest BCUT2D eigenvalue weighted by molar-refractivity contribution is 0.0588. The van der Waals surface area contributed by atoms with E-state index < -0.39 is 29.1 Å². The number of hydrogen-bond acceptors (Lipinski definition) is 4. The molecule has 0 aromatic carbocycles. The van der Waals surface area contributed by atoms with E-state index in [0.29, 0.717) is 0 Å². The summed E-state index contributed by atoms with van der Waals surface area (Å²) in [5.41, 5.74) is -3.05. The molecule has 1 rings (SSSR count). The van der Waals surface area contributed by atoms with Gasteiger partial charge in [0.25, 0.3) is 12.0 Å². The number of aromatic nitrogens is 1. The number of nitriles is 1. The molecular weight excluding hydrogens is 222 g/mol. The molecule has 0 radical (unpaired) electrons. The summed E-state index contributed by atoms with van der Waals surface area (Å²) in [6.07, 6.45) is -3.12. The third kappa shape index (κ3) is 2.06. The van der Waals surface area contributed by atoms with Crippen molar-refractivity contribution < 1.29 is 18.3 Å². The lowest BCUT2D eigenvalue weighted by Crippen LogP contribution is -2.20. The number of alkyl halides is 2. The first-order valence-corrected chi connectivity index (χ1v) is 4.05. The van der Waals surface area contributed by atoms with E-state index in [2.05, 4.69) is 4.74 Å². The number of nitrogens with zero attached hydrogens (tertiary/aromatic N) is 1. The van der Waals surface area contributed by atoms with E-state index in [0.717, 1.165) is 13.2 Å².